The van der Waals surface area contributed by atoms with Gasteiger partial charge in [-0.15, -0.1) is 0 Å². The van der Waals surface area contributed by atoms with Crippen molar-refractivity contribution in [2.24, 2.45) is 17.1 Å². The van der Waals surface area contributed by atoms with E-state index in [1.807, 2.05) is 6.08 Å². The summed E-state index contributed by atoms with van der Waals surface area (Å²) in [7, 11) is 0. The van der Waals surface area contributed by atoms with Crippen LogP contribution in [0.3, 0.4) is 0 Å². The average molecular weight is 370 g/mol. The Hall–Kier alpha value is -2.49. The molecule has 5 nitrogen and oxygen atoms in total. The predicted octanol–water partition coefficient (Wildman–Crippen LogP) is 3.01. The predicted molar refractivity (Wildman–Crippen MR) is 94.1 cm³/mol. The highest BCUT2D eigenvalue weighted by Gasteiger charge is 2.54. The third kappa shape index (κ3) is 2.39. The number of hydrogen-bond acceptors (Lipinski definition) is 5. The molecule has 0 saturated carbocycles. The summed E-state index contributed by atoms with van der Waals surface area (Å²) in [5.41, 5.74) is 6.01. The van der Waals surface area contributed by atoms with Gasteiger partial charge in [0.25, 0.3) is 0 Å². The van der Waals surface area contributed by atoms with E-state index in [4.69, 9.17) is 28.9 Å². The Labute approximate surface area is 155 Å². The van der Waals surface area contributed by atoms with Crippen LogP contribution in [0.1, 0.15) is 11.5 Å². The lowest BCUT2D eigenvalue weighted by molar-refractivity contribution is 0.328. The highest BCUT2D eigenvalue weighted by Crippen LogP contribution is 2.55. The van der Waals surface area contributed by atoms with Crippen LogP contribution >= 0.6 is 23.2 Å². The Morgan fingerprint density at radius 2 is 1.92 bits per heavy atom. The number of nitrogens with zero attached hydrogens (tertiary/aromatic N) is 3. The molecule has 0 amide bonds. The lowest BCUT2D eigenvalue weighted by Crippen LogP contribution is -2.47. The molecule has 1 aliphatic carbocycles. The van der Waals surface area contributed by atoms with E-state index in [-0.39, 0.29) is 17.2 Å². The van der Waals surface area contributed by atoms with Crippen molar-refractivity contribution >= 4 is 23.2 Å². The molecule has 0 aromatic heterocycles. The third-order valence-electron chi connectivity index (χ3n) is 4.86. The molecule has 0 spiro atoms. The van der Waals surface area contributed by atoms with Gasteiger partial charge in [0.05, 0.1) is 33.5 Å². The first-order chi connectivity index (χ1) is 12.0. The Kier molecular flexibility index (Phi) is 4.46. The monoisotopic (exact) mass is 369 g/mol. The van der Waals surface area contributed by atoms with Crippen molar-refractivity contribution in [2.45, 2.75) is 5.92 Å². The molecule has 3 rings (SSSR count). The first-order valence-electron chi connectivity index (χ1n) is 7.59. The fourth-order valence-electron chi connectivity index (χ4n) is 3.71. The number of nitrogens with one attached hydrogen (secondary N) is 1. The zero-order valence-corrected chi connectivity index (χ0v) is 14.6. The lowest BCUT2D eigenvalue weighted by atomic mass is 9.58. The maximum absolute atomic E-state index is 9.90. The Balaban J connectivity index is 2.38. The number of fused-ring (bicyclic) bond motifs is 1. The topological polar surface area (TPSA) is 109 Å². The van der Waals surface area contributed by atoms with Gasteiger partial charge >= 0.3 is 0 Å². The second kappa shape index (κ2) is 6.43. The van der Waals surface area contributed by atoms with Crippen LogP contribution in [-0.4, -0.2) is 13.1 Å². The molecular formula is C18H13Cl2N5. The van der Waals surface area contributed by atoms with E-state index in [1.165, 1.54) is 0 Å². The van der Waals surface area contributed by atoms with Gasteiger partial charge in [0.2, 0.25) is 0 Å². The second-order valence-electron chi connectivity index (χ2n) is 5.98. The van der Waals surface area contributed by atoms with Crippen molar-refractivity contribution < 1.29 is 0 Å². The minimum absolute atomic E-state index is 0.0227. The summed E-state index contributed by atoms with van der Waals surface area (Å²) in [4.78, 5) is 0. The van der Waals surface area contributed by atoms with Gasteiger partial charge < -0.3 is 11.1 Å². The number of nitrogens with two attached hydrogens (primary N) is 1. The van der Waals surface area contributed by atoms with Gasteiger partial charge in [0, 0.05) is 24.9 Å². The molecule has 0 unspecified atom stereocenters. The molecule has 0 saturated heterocycles. The Bertz CT molecular complexity index is 912. The van der Waals surface area contributed by atoms with Crippen LogP contribution < -0.4 is 11.1 Å². The summed E-state index contributed by atoms with van der Waals surface area (Å²) in [6, 6.07) is 11.3. The van der Waals surface area contributed by atoms with Crippen molar-refractivity contribution in [1.82, 2.24) is 5.32 Å². The number of halogens is 2. The number of rotatable bonds is 1. The maximum atomic E-state index is 9.90. The molecule has 1 aromatic carbocycles. The zero-order valence-electron chi connectivity index (χ0n) is 13.1. The average Bonchev–Trinajstić information content (AvgIpc) is 2.64. The largest absolute Gasteiger partial charge is 0.399 e. The van der Waals surface area contributed by atoms with Crippen molar-refractivity contribution in [1.29, 1.82) is 15.8 Å². The molecule has 0 radical (unpaired) electrons. The number of hydrogen-bond donors (Lipinski definition) is 2. The Morgan fingerprint density at radius 3 is 2.56 bits per heavy atom. The fourth-order valence-corrected chi connectivity index (χ4v) is 4.13. The summed E-state index contributed by atoms with van der Waals surface area (Å²) in [5.74, 6) is -0.921. The van der Waals surface area contributed by atoms with Crippen molar-refractivity contribution in [3.63, 3.8) is 0 Å². The van der Waals surface area contributed by atoms with Gasteiger partial charge in [-0.25, -0.2) is 0 Å². The van der Waals surface area contributed by atoms with Crippen LogP contribution in [-0.2, 0) is 0 Å². The van der Waals surface area contributed by atoms with E-state index >= 15 is 0 Å². The summed E-state index contributed by atoms with van der Waals surface area (Å²) in [6.07, 6.45) is 1.88. The van der Waals surface area contributed by atoms with Gasteiger partial charge in [-0.1, -0.05) is 41.4 Å². The van der Waals surface area contributed by atoms with Crippen LogP contribution in [0.5, 0.6) is 0 Å². The van der Waals surface area contributed by atoms with E-state index in [1.54, 1.807) is 18.2 Å². The molecule has 1 aromatic rings. The number of nitriles is 3. The number of benzene rings is 1. The zero-order chi connectivity index (χ0) is 18.2. The minimum atomic E-state index is -1.69. The van der Waals surface area contributed by atoms with Gasteiger partial charge in [0.1, 0.15) is 6.07 Å². The van der Waals surface area contributed by atoms with E-state index in [2.05, 4.69) is 23.5 Å². The van der Waals surface area contributed by atoms with Gasteiger partial charge in [-0.2, -0.15) is 15.8 Å². The highest BCUT2D eigenvalue weighted by atomic mass is 35.5. The van der Waals surface area contributed by atoms with Gasteiger partial charge in [0.15, 0.2) is 5.41 Å². The SMILES string of the molecule is N#CC1=C(N)C(C#N)(C#N)[C@@H](c2cccc(Cl)c2Cl)[C@@H]2CNCC=C12. The van der Waals surface area contributed by atoms with Crippen molar-refractivity contribution in [3.05, 3.63) is 56.7 Å². The second-order valence-corrected chi connectivity index (χ2v) is 6.76. The normalized spacial score (nSPS) is 24.4. The summed E-state index contributed by atoms with van der Waals surface area (Å²) < 4.78 is 0. The standard InChI is InChI=1S/C18H13Cl2N5/c19-14-3-1-2-11(16(14)20)15-13-7-25-5-4-10(13)12(6-21)17(24)18(15,8-22)9-23/h1-4,13,15,25H,5,7,24H2/t13-,15+/m1/s1. The van der Waals surface area contributed by atoms with Crippen molar-refractivity contribution in [2.75, 3.05) is 13.1 Å². The quantitative estimate of drug-likeness (QED) is 0.790. The highest BCUT2D eigenvalue weighted by molar-refractivity contribution is 6.42. The summed E-state index contributed by atoms with van der Waals surface area (Å²) >= 11 is 12.6. The van der Waals surface area contributed by atoms with E-state index in [9.17, 15) is 15.8 Å². The van der Waals surface area contributed by atoms with Crippen LogP contribution in [0.25, 0.3) is 0 Å². The van der Waals surface area contributed by atoms with E-state index in [0.717, 1.165) is 5.57 Å². The Morgan fingerprint density at radius 1 is 1.20 bits per heavy atom. The van der Waals surface area contributed by atoms with E-state index in [0.29, 0.717) is 28.7 Å². The molecule has 0 fully saturated rings. The summed E-state index contributed by atoms with van der Waals surface area (Å²) in [5, 5.41) is 33.2. The fraction of sp³-hybridized carbons (Fsp3) is 0.278. The van der Waals surface area contributed by atoms with E-state index < -0.39 is 11.3 Å². The first-order valence-corrected chi connectivity index (χ1v) is 8.35. The molecule has 1 aliphatic heterocycles. The van der Waals surface area contributed by atoms with Gasteiger partial charge in [-0.3, -0.25) is 0 Å². The third-order valence-corrected chi connectivity index (χ3v) is 5.70. The molecule has 7 heteroatoms. The maximum Gasteiger partial charge on any atom is 0.191 e. The van der Waals surface area contributed by atoms with Gasteiger partial charge in [-0.05, 0) is 17.2 Å². The molecule has 124 valence electrons. The van der Waals surface area contributed by atoms with Crippen LogP contribution in [0.15, 0.2) is 41.1 Å². The molecule has 25 heavy (non-hydrogen) atoms. The first kappa shape index (κ1) is 17.3. The van der Waals surface area contributed by atoms with Crippen LogP contribution in [0, 0.1) is 45.3 Å². The smallest absolute Gasteiger partial charge is 0.191 e. The molecule has 2 atom stereocenters. The van der Waals surface area contributed by atoms with Crippen molar-refractivity contribution in [3.8, 4) is 18.2 Å². The van der Waals surface area contributed by atoms with Crippen LogP contribution in [0.4, 0.5) is 0 Å². The molecule has 0 bridgehead atoms. The molecular weight excluding hydrogens is 357 g/mol. The minimum Gasteiger partial charge on any atom is -0.399 e. The van der Waals surface area contributed by atoms with Crippen LogP contribution in [0.2, 0.25) is 10.0 Å². The number of allylic oxidation sites excluding steroid dienone is 2. The summed E-state index contributed by atoms with van der Waals surface area (Å²) in [6.45, 7) is 1.09. The lowest BCUT2D eigenvalue weighted by Gasteiger charge is -2.43. The molecule has 2 aliphatic rings. The molecule has 1 heterocycles. The molecule has 3 N–H and O–H groups in total.